The molecule has 3 N–H and O–H groups in total. The zero-order valence-electron chi connectivity index (χ0n) is 17.9. The summed E-state index contributed by atoms with van der Waals surface area (Å²) in [5.74, 6) is -0.247. The molecule has 0 radical (unpaired) electrons. The van der Waals surface area contributed by atoms with Crippen LogP contribution in [0.1, 0.15) is 43.0 Å². The average Bonchev–Trinajstić information content (AvgIpc) is 3.24. The molecule has 0 aliphatic heterocycles. The summed E-state index contributed by atoms with van der Waals surface area (Å²) in [6.45, 7) is 4.11. The molecule has 0 atom stereocenters. The van der Waals surface area contributed by atoms with Crippen molar-refractivity contribution in [2.24, 2.45) is 0 Å². The Balaban J connectivity index is 1.83. The van der Waals surface area contributed by atoms with Crippen molar-refractivity contribution in [3.63, 3.8) is 0 Å². The second-order valence-corrected chi connectivity index (χ2v) is 7.06. The molecule has 0 spiro atoms. The summed E-state index contributed by atoms with van der Waals surface area (Å²) in [7, 11) is 0. The second kappa shape index (κ2) is 9.99. The lowest BCUT2D eigenvalue weighted by atomic mass is 10.3. The van der Waals surface area contributed by atoms with Crippen LogP contribution < -0.4 is 26.6 Å². The third-order valence-electron chi connectivity index (χ3n) is 4.85. The lowest BCUT2D eigenvalue weighted by molar-refractivity contribution is 0.0957. The van der Waals surface area contributed by atoms with Crippen LogP contribution in [-0.4, -0.2) is 22.0 Å². The molecule has 3 rings (SSSR count). The predicted molar refractivity (Wildman–Crippen MR) is 117 cm³/mol. The first-order valence-electron chi connectivity index (χ1n) is 10.3. The van der Waals surface area contributed by atoms with Crippen LogP contribution in [0, 0.1) is 5.82 Å². The Hall–Kier alpha value is -3.82. The van der Waals surface area contributed by atoms with Gasteiger partial charge in [-0.05, 0) is 49.7 Å². The van der Waals surface area contributed by atoms with Crippen LogP contribution >= 0.6 is 0 Å². The first-order valence-corrected chi connectivity index (χ1v) is 10.3. The standard InChI is InChI=1S/C22H25FN4O5/c1-3-5-12-27-19(24)18(20(28)25-22(27)30)26(4-2)21(29)17-11-10-16(32-17)13-31-15-8-6-14(23)7-9-15/h6-11H,3-5,12-13,24H2,1-2H3,(H,25,28,30). The quantitative estimate of drug-likeness (QED) is 0.523. The van der Waals surface area contributed by atoms with Gasteiger partial charge < -0.3 is 14.9 Å². The van der Waals surface area contributed by atoms with E-state index in [-0.39, 0.29) is 36.2 Å². The summed E-state index contributed by atoms with van der Waals surface area (Å²) in [4.78, 5) is 41.1. The van der Waals surface area contributed by atoms with E-state index < -0.39 is 17.2 Å². The van der Waals surface area contributed by atoms with Gasteiger partial charge in [-0.15, -0.1) is 0 Å². The maximum Gasteiger partial charge on any atom is 0.330 e. The lowest BCUT2D eigenvalue weighted by Crippen LogP contribution is -2.41. The number of amides is 1. The van der Waals surface area contributed by atoms with Gasteiger partial charge in [0.2, 0.25) is 0 Å². The lowest BCUT2D eigenvalue weighted by Gasteiger charge is -2.22. The number of halogens is 1. The first-order chi connectivity index (χ1) is 15.3. The Morgan fingerprint density at radius 2 is 1.91 bits per heavy atom. The van der Waals surface area contributed by atoms with Gasteiger partial charge in [-0.2, -0.15) is 0 Å². The number of nitrogens with two attached hydrogens (primary N) is 1. The van der Waals surface area contributed by atoms with Crippen LogP contribution in [0.3, 0.4) is 0 Å². The van der Waals surface area contributed by atoms with Crippen molar-refractivity contribution >= 4 is 17.4 Å². The van der Waals surface area contributed by atoms with Gasteiger partial charge in [-0.1, -0.05) is 13.3 Å². The molecule has 32 heavy (non-hydrogen) atoms. The number of nitrogen functional groups attached to an aromatic ring is 1. The van der Waals surface area contributed by atoms with E-state index in [9.17, 15) is 18.8 Å². The molecule has 10 heteroatoms. The van der Waals surface area contributed by atoms with Gasteiger partial charge in [0.1, 0.15) is 29.8 Å². The number of H-pyrrole nitrogens is 1. The third kappa shape index (κ3) is 4.90. The van der Waals surface area contributed by atoms with Gasteiger partial charge >= 0.3 is 5.69 Å². The number of nitrogens with zero attached hydrogens (tertiary/aromatic N) is 2. The van der Waals surface area contributed by atoms with Crippen LogP contribution in [0.15, 0.2) is 50.4 Å². The number of carbonyl (C=O) groups is 1. The second-order valence-electron chi connectivity index (χ2n) is 7.06. The van der Waals surface area contributed by atoms with Crippen molar-refractivity contribution < 1.29 is 18.3 Å². The highest BCUT2D eigenvalue weighted by Crippen LogP contribution is 2.21. The van der Waals surface area contributed by atoms with E-state index in [2.05, 4.69) is 4.98 Å². The van der Waals surface area contributed by atoms with E-state index in [1.165, 1.54) is 39.8 Å². The Kier molecular flexibility index (Phi) is 7.14. The molecule has 0 saturated heterocycles. The zero-order valence-corrected chi connectivity index (χ0v) is 17.9. The Morgan fingerprint density at radius 1 is 1.19 bits per heavy atom. The number of furan rings is 1. The summed E-state index contributed by atoms with van der Waals surface area (Å²) < 4.78 is 25.3. The largest absolute Gasteiger partial charge is 0.486 e. The van der Waals surface area contributed by atoms with Crippen molar-refractivity contribution in [3.8, 4) is 5.75 Å². The van der Waals surface area contributed by atoms with Crippen molar-refractivity contribution in [2.75, 3.05) is 17.2 Å². The van der Waals surface area contributed by atoms with Crippen LogP contribution in [0.4, 0.5) is 15.9 Å². The minimum atomic E-state index is -0.748. The molecule has 0 aliphatic carbocycles. The van der Waals surface area contributed by atoms with Crippen LogP contribution in [0.5, 0.6) is 5.75 Å². The molecule has 2 aromatic heterocycles. The molecule has 0 saturated carbocycles. The molecule has 9 nitrogen and oxygen atoms in total. The molecule has 0 aliphatic rings. The van der Waals surface area contributed by atoms with Crippen LogP contribution in [0.25, 0.3) is 0 Å². The highest BCUT2D eigenvalue weighted by molar-refractivity contribution is 6.05. The van der Waals surface area contributed by atoms with Gasteiger partial charge in [-0.25, -0.2) is 9.18 Å². The van der Waals surface area contributed by atoms with E-state index in [1.54, 1.807) is 13.0 Å². The number of unbranched alkanes of at least 4 members (excludes halogenated alkanes) is 1. The number of aromatic amines is 1. The number of anilines is 2. The van der Waals surface area contributed by atoms with Gasteiger partial charge in [0.05, 0.1) is 0 Å². The number of hydrogen-bond donors (Lipinski definition) is 2. The normalized spacial score (nSPS) is 10.8. The maximum absolute atomic E-state index is 13.1. The number of carbonyl (C=O) groups excluding carboxylic acids is 1. The molecular formula is C22H25FN4O5. The first kappa shape index (κ1) is 22.9. The van der Waals surface area contributed by atoms with E-state index in [1.807, 2.05) is 6.92 Å². The fraction of sp³-hybridized carbons (Fsp3) is 0.318. The number of nitrogens with one attached hydrogen (secondary N) is 1. The van der Waals surface area contributed by atoms with E-state index in [4.69, 9.17) is 14.9 Å². The highest BCUT2D eigenvalue weighted by Gasteiger charge is 2.26. The van der Waals surface area contributed by atoms with E-state index in [0.29, 0.717) is 24.5 Å². The molecule has 0 unspecified atom stereocenters. The van der Waals surface area contributed by atoms with Gasteiger partial charge in [-0.3, -0.25) is 24.0 Å². The molecule has 170 valence electrons. The number of benzene rings is 1. The Labute approximate surface area is 183 Å². The van der Waals surface area contributed by atoms with Gasteiger partial charge in [0.25, 0.3) is 11.5 Å². The molecule has 1 amide bonds. The molecule has 3 aromatic rings. The Bertz CT molecular complexity index is 1200. The maximum atomic E-state index is 13.1. The number of aromatic nitrogens is 2. The minimum absolute atomic E-state index is 0.0188. The zero-order chi connectivity index (χ0) is 23.3. The molecule has 0 bridgehead atoms. The van der Waals surface area contributed by atoms with Gasteiger partial charge in [0.15, 0.2) is 11.4 Å². The van der Waals surface area contributed by atoms with E-state index >= 15 is 0 Å². The Morgan fingerprint density at radius 3 is 2.56 bits per heavy atom. The molecule has 2 heterocycles. The van der Waals surface area contributed by atoms with Crippen molar-refractivity contribution in [3.05, 3.63) is 74.6 Å². The predicted octanol–water partition coefficient (Wildman–Crippen LogP) is 2.90. The summed E-state index contributed by atoms with van der Waals surface area (Å²) in [5.41, 5.74) is 4.65. The fourth-order valence-corrected chi connectivity index (χ4v) is 3.17. The van der Waals surface area contributed by atoms with Crippen molar-refractivity contribution in [2.45, 2.75) is 39.8 Å². The van der Waals surface area contributed by atoms with Crippen LogP contribution in [-0.2, 0) is 13.2 Å². The smallest absolute Gasteiger partial charge is 0.330 e. The minimum Gasteiger partial charge on any atom is -0.486 e. The number of ether oxygens (including phenoxy) is 1. The summed E-state index contributed by atoms with van der Waals surface area (Å²) >= 11 is 0. The third-order valence-corrected chi connectivity index (χ3v) is 4.85. The molecule has 1 aromatic carbocycles. The topological polar surface area (TPSA) is 124 Å². The summed E-state index contributed by atoms with van der Waals surface area (Å²) in [6.07, 6.45) is 1.51. The van der Waals surface area contributed by atoms with Gasteiger partial charge in [0, 0.05) is 13.1 Å². The van der Waals surface area contributed by atoms with Crippen LogP contribution in [0.2, 0.25) is 0 Å². The van der Waals surface area contributed by atoms with Crippen molar-refractivity contribution in [1.29, 1.82) is 0 Å². The van der Waals surface area contributed by atoms with Crippen molar-refractivity contribution in [1.82, 2.24) is 9.55 Å². The summed E-state index contributed by atoms with van der Waals surface area (Å²) in [5, 5.41) is 0. The van der Waals surface area contributed by atoms with E-state index in [0.717, 1.165) is 6.42 Å². The highest BCUT2D eigenvalue weighted by atomic mass is 19.1. The number of rotatable bonds is 9. The average molecular weight is 444 g/mol. The SMILES string of the molecule is CCCCn1c(N)c(N(CC)C(=O)c2ccc(COc3ccc(F)cc3)o2)c(=O)[nH]c1=O. The fourth-order valence-electron chi connectivity index (χ4n) is 3.17. The number of hydrogen-bond acceptors (Lipinski definition) is 6. The monoisotopic (exact) mass is 444 g/mol. The molecular weight excluding hydrogens is 419 g/mol. The molecule has 0 fully saturated rings. The summed E-state index contributed by atoms with van der Waals surface area (Å²) in [6, 6.07) is 8.53.